The van der Waals surface area contributed by atoms with Crippen LogP contribution in [0.4, 0.5) is 0 Å². The number of methoxy groups -OCH3 is 4. The van der Waals surface area contributed by atoms with Crippen LogP contribution in [0.2, 0.25) is 0 Å². The average Bonchev–Trinajstić information content (AvgIpc) is 3.15. The van der Waals surface area contributed by atoms with Crippen LogP contribution in [0.5, 0.6) is 23.0 Å². The summed E-state index contributed by atoms with van der Waals surface area (Å²) in [4.78, 5) is 27.6. The number of benzene rings is 2. The molecule has 1 aliphatic heterocycles. The monoisotopic (exact) mass is 499 g/mol. The van der Waals surface area contributed by atoms with E-state index in [1.165, 1.54) is 33.3 Å². The highest BCUT2D eigenvalue weighted by Gasteiger charge is 2.46. The van der Waals surface area contributed by atoms with Crippen LogP contribution >= 0.6 is 0 Å². The van der Waals surface area contributed by atoms with Crippen LogP contribution in [0.1, 0.15) is 36.9 Å². The lowest BCUT2D eigenvalue weighted by atomic mass is 9.94. The SMILES string of the molecule is CCCCOc1ccc(/C(O)=C2\C(=O)C(=O)N(CCOC)[C@@H]2c2cc(OC)c(OC)c(OC)c2)cc1. The van der Waals surface area contributed by atoms with E-state index in [9.17, 15) is 14.7 Å². The number of unbranched alkanes of at least 4 members (excludes halogenated alkanes) is 1. The van der Waals surface area contributed by atoms with Crippen LogP contribution in [0.3, 0.4) is 0 Å². The fourth-order valence-electron chi connectivity index (χ4n) is 4.10. The van der Waals surface area contributed by atoms with Gasteiger partial charge in [-0.25, -0.2) is 0 Å². The molecule has 1 amide bonds. The first-order valence-corrected chi connectivity index (χ1v) is 11.7. The molecular formula is C27H33NO8. The van der Waals surface area contributed by atoms with Crippen LogP contribution in [0, 0.1) is 0 Å². The van der Waals surface area contributed by atoms with Crippen LogP contribution in [0.25, 0.3) is 5.76 Å². The number of nitrogens with zero attached hydrogens (tertiary/aromatic N) is 1. The molecule has 9 nitrogen and oxygen atoms in total. The Bertz CT molecular complexity index is 1080. The summed E-state index contributed by atoms with van der Waals surface area (Å²) >= 11 is 0. The van der Waals surface area contributed by atoms with E-state index in [0.29, 0.717) is 40.7 Å². The number of likely N-dealkylation sites (tertiary alicyclic amines) is 1. The van der Waals surface area contributed by atoms with Gasteiger partial charge in [-0.1, -0.05) is 13.3 Å². The molecule has 9 heteroatoms. The Morgan fingerprint density at radius 3 is 2.11 bits per heavy atom. The predicted molar refractivity (Wildman–Crippen MR) is 134 cm³/mol. The lowest BCUT2D eigenvalue weighted by Gasteiger charge is -2.26. The fourth-order valence-corrected chi connectivity index (χ4v) is 4.10. The summed E-state index contributed by atoms with van der Waals surface area (Å²) in [6, 6.07) is 9.19. The van der Waals surface area contributed by atoms with Gasteiger partial charge in [0.1, 0.15) is 11.5 Å². The Kier molecular flexibility index (Phi) is 9.19. The van der Waals surface area contributed by atoms with Crippen molar-refractivity contribution in [2.75, 3.05) is 48.2 Å². The van der Waals surface area contributed by atoms with Crippen molar-refractivity contribution < 1.29 is 38.4 Å². The summed E-state index contributed by atoms with van der Waals surface area (Å²) < 4.78 is 27.2. The van der Waals surface area contributed by atoms with Crippen LogP contribution in [0.15, 0.2) is 42.0 Å². The number of aliphatic hydroxyl groups is 1. The molecule has 1 heterocycles. The largest absolute Gasteiger partial charge is 0.507 e. The Balaban J connectivity index is 2.13. The number of hydrogen-bond donors (Lipinski definition) is 1. The molecule has 0 radical (unpaired) electrons. The van der Waals surface area contributed by atoms with E-state index in [0.717, 1.165) is 12.8 Å². The van der Waals surface area contributed by atoms with Gasteiger partial charge < -0.3 is 33.7 Å². The van der Waals surface area contributed by atoms with Crippen LogP contribution in [-0.4, -0.2) is 69.9 Å². The lowest BCUT2D eigenvalue weighted by Crippen LogP contribution is -2.32. The molecule has 2 aromatic rings. The first kappa shape index (κ1) is 26.9. The zero-order valence-electron chi connectivity index (χ0n) is 21.3. The molecule has 0 bridgehead atoms. The summed E-state index contributed by atoms with van der Waals surface area (Å²) in [5, 5.41) is 11.3. The second-order valence-corrected chi connectivity index (χ2v) is 8.17. The summed E-state index contributed by atoms with van der Waals surface area (Å²) in [7, 11) is 5.95. The second-order valence-electron chi connectivity index (χ2n) is 8.17. The molecule has 1 N–H and O–H groups in total. The van der Waals surface area contributed by atoms with Crippen molar-refractivity contribution in [1.82, 2.24) is 4.90 Å². The third-order valence-electron chi connectivity index (χ3n) is 5.97. The Hall–Kier alpha value is -3.72. The number of Topliss-reactive ketones (excluding diaryl/α,β-unsaturated/α-hetero) is 1. The molecule has 194 valence electrons. The summed E-state index contributed by atoms with van der Waals surface area (Å²) in [5.41, 5.74) is 0.867. The highest BCUT2D eigenvalue weighted by molar-refractivity contribution is 6.46. The normalized spacial score (nSPS) is 16.8. The maximum atomic E-state index is 13.2. The standard InChI is InChI=1S/C27H33NO8/c1-6-7-13-36-19-10-8-17(9-11-19)24(29)22-23(28(12-14-32-2)27(31)25(22)30)18-15-20(33-3)26(35-5)21(16-18)34-4/h8-11,15-16,23,29H,6-7,12-14H2,1-5H3/b24-22+/t23-/m1/s1. The first-order chi connectivity index (χ1) is 17.4. The smallest absolute Gasteiger partial charge is 0.295 e. The molecule has 36 heavy (non-hydrogen) atoms. The van der Waals surface area contributed by atoms with Gasteiger partial charge in [0.05, 0.1) is 46.2 Å². The molecule has 0 aliphatic carbocycles. The molecule has 3 rings (SSSR count). The minimum Gasteiger partial charge on any atom is -0.507 e. The van der Waals surface area contributed by atoms with Crippen molar-refractivity contribution >= 4 is 17.4 Å². The molecule has 1 saturated heterocycles. The van der Waals surface area contributed by atoms with Crippen molar-refractivity contribution in [3.8, 4) is 23.0 Å². The number of rotatable bonds is 12. The molecule has 0 saturated carbocycles. The molecule has 0 unspecified atom stereocenters. The van der Waals surface area contributed by atoms with Crippen LogP contribution in [-0.2, 0) is 14.3 Å². The summed E-state index contributed by atoms with van der Waals surface area (Å²) in [6.07, 6.45) is 1.95. The van der Waals surface area contributed by atoms with Gasteiger partial charge >= 0.3 is 0 Å². The zero-order chi connectivity index (χ0) is 26.2. The predicted octanol–water partition coefficient (Wildman–Crippen LogP) is 3.96. The van der Waals surface area contributed by atoms with Gasteiger partial charge in [0.2, 0.25) is 5.75 Å². The van der Waals surface area contributed by atoms with Crippen molar-refractivity contribution in [1.29, 1.82) is 0 Å². The summed E-state index contributed by atoms with van der Waals surface area (Å²) in [6.45, 7) is 3.02. The topological polar surface area (TPSA) is 104 Å². The minimum atomic E-state index is -0.894. The highest BCUT2D eigenvalue weighted by Crippen LogP contribution is 2.45. The number of hydrogen-bond acceptors (Lipinski definition) is 8. The number of aliphatic hydroxyl groups excluding tert-OH is 1. The molecule has 0 aromatic heterocycles. The minimum absolute atomic E-state index is 0.0370. The lowest BCUT2D eigenvalue weighted by molar-refractivity contribution is -0.140. The average molecular weight is 500 g/mol. The van der Waals surface area contributed by atoms with Crippen molar-refractivity contribution in [3.63, 3.8) is 0 Å². The van der Waals surface area contributed by atoms with E-state index in [1.54, 1.807) is 36.4 Å². The van der Waals surface area contributed by atoms with Crippen molar-refractivity contribution in [2.24, 2.45) is 0 Å². The second kappa shape index (κ2) is 12.3. The molecule has 2 aromatic carbocycles. The van der Waals surface area contributed by atoms with Gasteiger partial charge in [-0.2, -0.15) is 0 Å². The van der Waals surface area contributed by atoms with E-state index in [2.05, 4.69) is 6.92 Å². The number of carbonyl (C=O) groups excluding carboxylic acids is 2. The fraction of sp³-hybridized carbons (Fsp3) is 0.407. The summed E-state index contributed by atoms with van der Waals surface area (Å²) in [5.74, 6) is -0.0573. The van der Waals surface area contributed by atoms with E-state index in [-0.39, 0.29) is 24.5 Å². The Labute approximate surface area is 211 Å². The molecular weight excluding hydrogens is 466 g/mol. The van der Waals surface area contributed by atoms with E-state index in [4.69, 9.17) is 23.7 Å². The van der Waals surface area contributed by atoms with Gasteiger partial charge in [0, 0.05) is 19.2 Å². The van der Waals surface area contributed by atoms with Gasteiger partial charge in [-0.3, -0.25) is 9.59 Å². The van der Waals surface area contributed by atoms with Gasteiger partial charge in [-0.15, -0.1) is 0 Å². The quantitative estimate of drug-likeness (QED) is 0.203. The molecule has 0 spiro atoms. The van der Waals surface area contributed by atoms with Crippen molar-refractivity contribution in [2.45, 2.75) is 25.8 Å². The number of amides is 1. The van der Waals surface area contributed by atoms with Gasteiger partial charge in [0.15, 0.2) is 11.5 Å². The molecule has 1 fully saturated rings. The number of carbonyl (C=O) groups is 2. The van der Waals surface area contributed by atoms with E-state index in [1.807, 2.05) is 0 Å². The van der Waals surface area contributed by atoms with Gasteiger partial charge in [0.25, 0.3) is 11.7 Å². The third kappa shape index (κ3) is 5.41. The van der Waals surface area contributed by atoms with Gasteiger partial charge in [-0.05, 0) is 48.4 Å². The first-order valence-electron chi connectivity index (χ1n) is 11.7. The zero-order valence-corrected chi connectivity index (χ0v) is 21.3. The Morgan fingerprint density at radius 2 is 1.58 bits per heavy atom. The maximum absolute atomic E-state index is 13.2. The highest BCUT2D eigenvalue weighted by atomic mass is 16.5. The van der Waals surface area contributed by atoms with E-state index < -0.39 is 17.7 Å². The maximum Gasteiger partial charge on any atom is 0.295 e. The van der Waals surface area contributed by atoms with E-state index >= 15 is 0 Å². The molecule has 1 aliphatic rings. The number of ether oxygens (including phenoxy) is 5. The van der Waals surface area contributed by atoms with Crippen LogP contribution < -0.4 is 18.9 Å². The Morgan fingerprint density at radius 1 is 0.944 bits per heavy atom. The number of ketones is 1. The molecule has 1 atom stereocenters. The van der Waals surface area contributed by atoms with Crippen molar-refractivity contribution in [3.05, 3.63) is 53.1 Å². The third-order valence-corrected chi connectivity index (χ3v) is 5.97.